The highest BCUT2D eigenvalue weighted by atomic mass is 19.2. The molecule has 0 atom stereocenters. The third kappa shape index (κ3) is 2.90. The lowest BCUT2D eigenvalue weighted by molar-refractivity contribution is -0.137. The number of fused-ring (bicyclic) bond motifs is 1. The molecule has 2 heterocycles. The van der Waals surface area contributed by atoms with E-state index in [1.54, 1.807) is 10.8 Å². The molecule has 0 radical (unpaired) electrons. The summed E-state index contributed by atoms with van der Waals surface area (Å²) in [7, 11) is 0. The highest BCUT2D eigenvalue weighted by Crippen LogP contribution is 2.26. The van der Waals surface area contributed by atoms with Gasteiger partial charge in [0, 0.05) is 18.3 Å². The summed E-state index contributed by atoms with van der Waals surface area (Å²) in [6.45, 7) is 2.00. The lowest BCUT2D eigenvalue weighted by Gasteiger charge is -2.07. The molecular formula is C16H13F2N3O2. The molecule has 5 nitrogen and oxygen atoms in total. The van der Waals surface area contributed by atoms with Crippen LogP contribution >= 0.6 is 0 Å². The molecule has 0 amide bonds. The highest BCUT2D eigenvalue weighted by molar-refractivity contribution is 5.78. The van der Waals surface area contributed by atoms with Crippen LogP contribution in [0.4, 0.5) is 8.78 Å². The molecular weight excluding hydrogens is 304 g/mol. The Labute approximate surface area is 130 Å². The van der Waals surface area contributed by atoms with Crippen molar-refractivity contribution in [3.05, 3.63) is 47.7 Å². The molecule has 0 aliphatic rings. The number of aliphatic carboxylic acids is 1. The summed E-state index contributed by atoms with van der Waals surface area (Å²) in [5.74, 6) is -2.53. The fraction of sp³-hybridized carbons (Fsp3) is 0.188. The van der Waals surface area contributed by atoms with Gasteiger partial charge in [-0.15, -0.1) is 0 Å². The molecule has 0 aliphatic heterocycles. The van der Waals surface area contributed by atoms with E-state index in [2.05, 4.69) is 9.97 Å². The first-order valence-corrected chi connectivity index (χ1v) is 6.96. The quantitative estimate of drug-likeness (QED) is 0.802. The smallest absolute Gasteiger partial charge is 0.305 e. The Bertz CT molecular complexity index is 906. The van der Waals surface area contributed by atoms with Gasteiger partial charge in [-0.1, -0.05) is 0 Å². The van der Waals surface area contributed by atoms with Gasteiger partial charge in [0.2, 0.25) is 0 Å². The summed E-state index contributed by atoms with van der Waals surface area (Å²) in [5, 5.41) is 8.91. The van der Waals surface area contributed by atoms with Crippen molar-refractivity contribution in [1.29, 1.82) is 0 Å². The summed E-state index contributed by atoms with van der Waals surface area (Å²) in [6, 6.07) is 5.28. The van der Waals surface area contributed by atoms with Crippen LogP contribution in [0.5, 0.6) is 0 Å². The Morgan fingerprint density at radius 2 is 2.04 bits per heavy atom. The second-order valence-electron chi connectivity index (χ2n) is 5.22. The Balaban J connectivity index is 2.18. The molecule has 3 rings (SSSR count). The van der Waals surface area contributed by atoms with Gasteiger partial charge in [0.25, 0.3) is 0 Å². The number of benzene rings is 1. The lowest BCUT2D eigenvalue weighted by Crippen LogP contribution is -2.07. The number of carboxylic acid groups (broad SMARTS) is 1. The molecule has 3 aromatic rings. The molecule has 0 aliphatic carbocycles. The largest absolute Gasteiger partial charge is 0.481 e. The van der Waals surface area contributed by atoms with E-state index < -0.39 is 17.6 Å². The normalized spacial score (nSPS) is 11.1. The molecule has 1 N–H and O–H groups in total. The number of halogens is 2. The standard InChI is InChI=1S/C16H13F2N3O2/c1-9-6-13-16(19-8-9)21(5-4-14(22)23)15(20-13)10-2-3-11(17)12(18)7-10/h2-3,6-8H,4-5H2,1H3,(H,22,23). The van der Waals surface area contributed by atoms with Crippen LogP contribution in [0.2, 0.25) is 0 Å². The number of aromatic nitrogens is 3. The van der Waals surface area contributed by atoms with Gasteiger partial charge in [0.15, 0.2) is 17.3 Å². The van der Waals surface area contributed by atoms with Crippen LogP contribution in [0.3, 0.4) is 0 Å². The van der Waals surface area contributed by atoms with Gasteiger partial charge >= 0.3 is 5.97 Å². The van der Waals surface area contributed by atoms with Crippen LogP contribution < -0.4 is 0 Å². The first-order chi connectivity index (χ1) is 11.0. The van der Waals surface area contributed by atoms with E-state index in [0.29, 0.717) is 22.6 Å². The van der Waals surface area contributed by atoms with E-state index in [0.717, 1.165) is 17.7 Å². The van der Waals surface area contributed by atoms with Crippen molar-refractivity contribution in [2.45, 2.75) is 19.9 Å². The Kier molecular flexibility index (Phi) is 3.77. The molecule has 7 heteroatoms. The number of carbonyl (C=O) groups is 1. The minimum Gasteiger partial charge on any atom is -0.481 e. The van der Waals surface area contributed by atoms with Crippen LogP contribution in [0.25, 0.3) is 22.6 Å². The third-order valence-electron chi connectivity index (χ3n) is 3.45. The zero-order chi connectivity index (χ0) is 16.6. The molecule has 0 saturated heterocycles. The van der Waals surface area contributed by atoms with E-state index in [1.165, 1.54) is 6.07 Å². The number of hydrogen-bond acceptors (Lipinski definition) is 3. The summed E-state index contributed by atoms with van der Waals surface area (Å²) < 4.78 is 28.2. The molecule has 23 heavy (non-hydrogen) atoms. The number of pyridine rings is 1. The SMILES string of the molecule is Cc1cnc2c(c1)nc(-c1ccc(F)c(F)c1)n2CCC(=O)O. The maximum Gasteiger partial charge on any atom is 0.305 e. The Hall–Kier alpha value is -2.83. The zero-order valence-electron chi connectivity index (χ0n) is 12.3. The Morgan fingerprint density at radius 1 is 1.26 bits per heavy atom. The molecule has 2 aromatic heterocycles. The molecule has 1 aromatic carbocycles. The molecule has 0 unspecified atom stereocenters. The second kappa shape index (κ2) is 5.75. The van der Waals surface area contributed by atoms with Crippen LogP contribution in [-0.4, -0.2) is 25.6 Å². The predicted octanol–water partition coefficient (Wildman–Crippen LogP) is 3.16. The molecule has 0 fully saturated rings. The second-order valence-corrected chi connectivity index (χ2v) is 5.22. The fourth-order valence-electron chi connectivity index (χ4n) is 2.39. The van der Waals surface area contributed by atoms with Crippen LogP contribution in [0.15, 0.2) is 30.5 Å². The first-order valence-electron chi connectivity index (χ1n) is 6.96. The number of imidazole rings is 1. The van der Waals surface area contributed by atoms with Gasteiger partial charge in [-0.2, -0.15) is 0 Å². The van der Waals surface area contributed by atoms with Gasteiger partial charge in [0.05, 0.1) is 6.42 Å². The van der Waals surface area contributed by atoms with E-state index in [4.69, 9.17) is 5.11 Å². The van der Waals surface area contributed by atoms with Gasteiger partial charge in [-0.05, 0) is 36.8 Å². The maximum atomic E-state index is 13.5. The maximum absolute atomic E-state index is 13.5. The Morgan fingerprint density at radius 3 is 2.74 bits per heavy atom. The topological polar surface area (TPSA) is 68.0 Å². The monoisotopic (exact) mass is 317 g/mol. The van der Waals surface area contributed by atoms with Crippen molar-refractivity contribution in [2.75, 3.05) is 0 Å². The van der Waals surface area contributed by atoms with E-state index in [1.807, 2.05) is 13.0 Å². The van der Waals surface area contributed by atoms with E-state index in [-0.39, 0.29) is 13.0 Å². The number of carboxylic acids is 1. The average Bonchev–Trinajstić information content (AvgIpc) is 2.85. The zero-order valence-corrected chi connectivity index (χ0v) is 12.3. The molecule has 118 valence electrons. The lowest BCUT2D eigenvalue weighted by atomic mass is 10.2. The predicted molar refractivity (Wildman–Crippen MR) is 79.9 cm³/mol. The highest BCUT2D eigenvalue weighted by Gasteiger charge is 2.16. The van der Waals surface area contributed by atoms with Crippen molar-refractivity contribution < 1.29 is 18.7 Å². The minimum absolute atomic E-state index is 0.127. The van der Waals surface area contributed by atoms with Gasteiger partial charge in [-0.25, -0.2) is 18.7 Å². The molecule has 0 bridgehead atoms. The number of nitrogens with zero attached hydrogens (tertiary/aromatic N) is 3. The summed E-state index contributed by atoms with van der Waals surface area (Å²) >= 11 is 0. The van der Waals surface area contributed by atoms with E-state index in [9.17, 15) is 13.6 Å². The van der Waals surface area contributed by atoms with Crippen molar-refractivity contribution >= 4 is 17.1 Å². The average molecular weight is 317 g/mol. The van der Waals surface area contributed by atoms with Crippen molar-refractivity contribution in [1.82, 2.24) is 14.5 Å². The van der Waals surface area contributed by atoms with Gasteiger partial charge in [0.1, 0.15) is 11.3 Å². The summed E-state index contributed by atoms with van der Waals surface area (Å²) in [4.78, 5) is 19.6. The van der Waals surface area contributed by atoms with Gasteiger partial charge < -0.3 is 9.67 Å². The minimum atomic E-state index is -0.983. The fourth-order valence-corrected chi connectivity index (χ4v) is 2.39. The summed E-state index contributed by atoms with van der Waals surface area (Å²) in [6.07, 6.45) is 1.52. The number of hydrogen-bond donors (Lipinski definition) is 1. The van der Waals surface area contributed by atoms with Crippen LogP contribution in [0.1, 0.15) is 12.0 Å². The van der Waals surface area contributed by atoms with Crippen LogP contribution in [0, 0.1) is 18.6 Å². The van der Waals surface area contributed by atoms with Gasteiger partial charge in [-0.3, -0.25) is 4.79 Å². The summed E-state index contributed by atoms with van der Waals surface area (Å²) in [5.41, 5.74) is 2.36. The molecule has 0 spiro atoms. The van der Waals surface area contributed by atoms with Crippen molar-refractivity contribution in [3.63, 3.8) is 0 Å². The number of aryl methyl sites for hydroxylation is 2. The number of rotatable bonds is 4. The van der Waals surface area contributed by atoms with Crippen molar-refractivity contribution in [2.24, 2.45) is 0 Å². The van der Waals surface area contributed by atoms with E-state index >= 15 is 0 Å². The van der Waals surface area contributed by atoms with Crippen molar-refractivity contribution in [3.8, 4) is 11.4 Å². The van der Waals surface area contributed by atoms with Crippen LogP contribution in [-0.2, 0) is 11.3 Å². The first kappa shape index (κ1) is 15.1. The molecule has 0 saturated carbocycles. The third-order valence-corrected chi connectivity index (χ3v) is 3.45.